The van der Waals surface area contributed by atoms with Crippen LogP contribution in [0.1, 0.15) is 27.2 Å². The Morgan fingerprint density at radius 1 is 1.24 bits per heavy atom. The zero-order chi connectivity index (χ0) is 18.4. The van der Waals surface area contributed by atoms with E-state index in [1.54, 1.807) is 6.08 Å². The van der Waals surface area contributed by atoms with Gasteiger partial charge in [-0.25, -0.2) is 4.79 Å². The Labute approximate surface area is 148 Å². The number of benzene rings is 1. The van der Waals surface area contributed by atoms with E-state index in [2.05, 4.69) is 10.6 Å². The SMILES string of the molecule is CCNC(=O)N(C1=C(N)C=C(C(=O)NC(C)C)C[CH]1)c1ccccc1. The van der Waals surface area contributed by atoms with Gasteiger partial charge in [-0.05, 0) is 45.4 Å². The van der Waals surface area contributed by atoms with Gasteiger partial charge in [-0.3, -0.25) is 9.69 Å². The lowest BCUT2D eigenvalue weighted by molar-refractivity contribution is -0.118. The second-order valence-corrected chi connectivity index (χ2v) is 6.05. The van der Waals surface area contributed by atoms with Crippen molar-refractivity contribution in [3.63, 3.8) is 0 Å². The van der Waals surface area contributed by atoms with Gasteiger partial charge < -0.3 is 16.4 Å². The molecule has 0 aromatic heterocycles. The molecule has 0 unspecified atom stereocenters. The first-order valence-corrected chi connectivity index (χ1v) is 8.41. The fourth-order valence-electron chi connectivity index (χ4n) is 2.55. The standard InChI is InChI=1S/C19H25N4O2/c1-4-21-19(25)23(15-8-6-5-7-9-15)17-11-10-14(12-16(17)20)18(24)22-13(2)3/h5-9,11-13H,4,10,20H2,1-3H3,(H,21,25)(H,22,24). The van der Waals surface area contributed by atoms with Gasteiger partial charge in [0, 0.05) is 24.6 Å². The van der Waals surface area contributed by atoms with Crippen LogP contribution in [0, 0.1) is 6.42 Å². The van der Waals surface area contributed by atoms with Gasteiger partial charge in [0.2, 0.25) is 5.91 Å². The third kappa shape index (κ3) is 4.62. The first-order chi connectivity index (χ1) is 11.9. The van der Waals surface area contributed by atoms with Crippen molar-refractivity contribution in [3.8, 4) is 0 Å². The molecule has 133 valence electrons. The molecule has 0 aliphatic heterocycles. The summed E-state index contributed by atoms with van der Waals surface area (Å²) in [6, 6.07) is 9.08. The van der Waals surface area contributed by atoms with Crippen molar-refractivity contribution in [2.24, 2.45) is 5.73 Å². The van der Waals surface area contributed by atoms with Crippen LogP contribution in [0.4, 0.5) is 10.5 Å². The van der Waals surface area contributed by atoms with Gasteiger partial charge >= 0.3 is 6.03 Å². The van der Waals surface area contributed by atoms with Gasteiger partial charge in [-0.2, -0.15) is 0 Å². The number of para-hydroxylation sites is 1. The summed E-state index contributed by atoms with van der Waals surface area (Å²) < 4.78 is 0. The summed E-state index contributed by atoms with van der Waals surface area (Å²) in [5.41, 5.74) is 8.44. The van der Waals surface area contributed by atoms with E-state index in [1.807, 2.05) is 57.5 Å². The number of anilines is 1. The van der Waals surface area contributed by atoms with E-state index in [0.29, 0.717) is 35.6 Å². The molecule has 1 aromatic rings. The lowest BCUT2D eigenvalue weighted by Crippen LogP contribution is -2.41. The summed E-state index contributed by atoms with van der Waals surface area (Å²) in [4.78, 5) is 26.3. The average Bonchev–Trinajstić information content (AvgIpc) is 2.57. The van der Waals surface area contributed by atoms with Crippen LogP contribution in [0.2, 0.25) is 0 Å². The van der Waals surface area contributed by atoms with Crippen LogP contribution in [0.15, 0.2) is 53.4 Å². The number of amides is 3. The lowest BCUT2D eigenvalue weighted by Gasteiger charge is -2.29. The molecule has 0 spiro atoms. The van der Waals surface area contributed by atoms with Crippen molar-refractivity contribution < 1.29 is 9.59 Å². The fourth-order valence-corrected chi connectivity index (χ4v) is 2.55. The third-order valence-corrected chi connectivity index (χ3v) is 3.64. The van der Waals surface area contributed by atoms with Crippen LogP contribution >= 0.6 is 0 Å². The molecule has 3 amide bonds. The summed E-state index contributed by atoms with van der Waals surface area (Å²) in [5.74, 6) is -0.141. The van der Waals surface area contributed by atoms with Crippen molar-refractivity contribution in [3.05, 3.63) is 59.8 Å². The first-order valence-electron chi connectivity index (χ1n) is 8.41. The van der Waals surface area contributed by atoms with Crippen LogP contribution in [-0.4, -0.2) is 24.5 Å². The smallest absolute Gasteiger partial charge is 0.326 e. The second-order valence-electron chi connectivity index (χ2n) is 6.05. The number of carbonyl (C=O) groups excluding carboxylic acids is 2. The summed E-state index contributed by atoms with van der Waals surface area (Å²) in [7, 11) is 0. The highest BCUT2D eigenvalue weighted by molar-refractivity contribution is 5.98. The van der Waals surface area contributed by atoms with Crippen molar-refractivity contribution >= 4 is 17.6 Å². The summed E-state index contributed by atoms with van der Waals surface area (Å²) in [5, 5.41) is 5.65. The predicted octanol–water partition coefficient (Wildman–Crippen LogP) is 2.45. The van der Waals surface area contributed by atoms with Gasteiger partial charge in [0.25, 0.3) is 0 Å². The van der Waals surface area contributed by atoms with E-state index >= 15 is 0 Å². The molecule has 0 saturated heterocycles. The molecule has 1 aromatic carbocycles. The molecular formula is C19H25N4O2. The third-order valence-electron chi connectivity index (χ3n) is 3.64. The lowest BCUT2D eigenvalue weighted by atomic mass is 9.98. The zero-order valence-electron chi connectivity index (χ0n) is 14.9. The first kappa shape index (κ1) is 18.6. The summed E-state index contributed by atoms with van der Waals surface area (Å²) >= 11 is 0. The van der Waals surface area contributed by atoms with E-state index in [9.17, 15) is 9.59 Å². The van der Waals surface area contributed by atoms with Gasteiger partial charge in [-0.1, -0.05) is 18.2 Å². The minimum Gasteiger partial charge on any atom is -0.397 e. The van der Waals surface area contributed by atoms with E-state index in [4.69, 9.17) is 5.73 Å². The molecule has 0 heterocycles. The highest BCUT2D eigenvalue weighted by Crippen LogP contribution is 2.28. The van der Waals surface area contributed by atoms with Crippen LogP contribution in [0.5, 0.6) is 0 Å². The molecule has 25 heavy (non-hydrogen) atoms. The highest BCUT2D eigenvalue weighted by atomic mass is 16.2. The Morgan fingerprint density at radius 2 is 1.92 bits per heavy atom. The monoisotopic (exact) mass is 341 g/mol. The van der Waals surface area contributed by atoms with Gasteiger partial charge in [0.15, 0.2) is 0 Å². The molecule has 6 nitrogen and oxygen atoms in total. The summed E-state index contributed by atoms with van der Waals surface area (Å²) in [6.07, 6.45) is 3.87. The number of nitrogens with zero attached hydrogens (tertiary/aromatic N) is 1. The van der Waals surface area contributed by atoms with Crippen molar-refractivity contribution in [1.29, 1.82) is 0 Å². The van der Waals surface area contributed by atoms with Crippen LogP contribution in [-0.2, 0) is 4.79 Å². The maximum atomic E-state index is 12.6. The molecule has 1 radical (unpaired) electrons. The molecule has 0 saturated carbocycles. The van der Waals surface area contributed by atoms with E-state index in [0.717, 1.165) is 0 Å². The molecular weight excluding hydrogens is 316 g/mol. The average molecular weight is 341 g/mol. The number of allylic oxidation sites excluding steroid dienone is 2. The molecule has 4 N–H and O–H groups in total. The molecule has 2 rings (SSSR count). The normalized spacial score (nSPS) is 14.2. The van der Waals surface area contributed by atoms with Crippen LogP contribution < -0.4 is 21.3 Å². The number of hydrogen-bond donors (Lipinski definition) is 3. The zero-order valence-corrected chi connectivity index (χ0v) is 14.9. The van der Waals surface area contributed by atoms with Gasteiger partial charge in [-0.15, -0.1) is 0 Å². The Hall–Kier alpha value is -2.76. The topological polar surface area (TPSA) is 87.5 Å². The highest BCUT2D eigenvalue weighted by Gasteiger charge is 2.26. The van der Waals surface area contributed by atoms with E-state index in [1.165, 1.54) is 4.90 Å². The number of nitrogens with two attached hydrogens (primary N) is 1. The molecule has 1 aliphatic rings. The maximum absolute atomic E-state index is 12.6. The largest absolute Gasteiger partial charge is 0.397 e. The van der Waals surface area contributed by atoms with Crippen molar-refractivity contribution in [2.75, 3.05) is 11.4 Å². The number of hydrogen-bond acceptors (Lipinski definition) is 3. The van der Waals surface area contributed by atoms with E-state index in [-0.39, 0.29) is 18.0 Å². The second kappa shape index (κ2) is 8.37. The minimum atomic E-state index is -0.258. The quantitative estimate of drug-likeness (QED) is 0.769. The number of carbonyl (C=O) groups is 2. The fraction of sp³-hybridized carbons (Fsp3) is 0.316. The molecule has 0 atom stereocenters. The van der Waals surface area contributed by atoms with Crippen LogP contribution in [0.3, 0.4) is 0 Å². The molecule has 0 bridgehead atoms. The van der Waals surface area contributed by atoms with Gasteiger partial charge in [0.1, 0.15) is 0 Å². The Bertz CT molecular complexity index is 693. The Balaban J connectivity index is 2.36. The Morgan fingerprint density at radius 3 is 2.48 bits per heavy atom. The molecule has 0 fully saturated rings. The molecule has 6 heteroatoms. The van der Waals surface area contributed by atoms with Crippen molar-refractivity contribution in [2.45, 2.75) is 33.2 Å². The Kier molecular flexibility index (Phi) is 6.22. The van der Waals surface area contributed by atoms with Crippen molar-refractivity contribution in [1.82, 2.24) is 10.6 Å². The van der Waals surface area contributed by atoms with E-state index < -0.39 is 0 Å². The predicted molar refractivity (Wildman–Crippen MR) is 99.5 cm³/mol. The van der Waals surface area contributed by atoms with Crippen LogP contribution in [0.25, 0.3) is 0 Å². The number of urea groups is 1. The summed E-state index contributed by atoms with van der Waals surface area (Å²) in [6.45, 7) is 6.18. The number of rotatable bonds is 5. The minimum absolute atomic E-state index is 0.0520. The maximum Gasteiger partial charge on any atom is 0.326 e. The number of nitrogens with one attached hydrogen (secondary N) is 2. The van der Waals surface area contributed by atoms with Gasteiger partial charge in [0.05, 0.1) is 17.1 Å². The molecule has 1 aliphatic carbocycles.